The van der Waals surface area contributed by atoms with Crippen molar-refractivity contribution in [3.63, 3.8) is 0 Å². The fourth-order valence-corrected chi connectivity index (χ4v) is 2.40. The number of likely N-dealkylation sites (N-methyl/N-ethyl adjacent to an activating group) is 1. The molecule has 126 valence electrons. The first-order valence-corrected chi connectivity index (χ1v) is 6.84. The van der Waals surface area contributed by atoms with Gasteiger partial charge < -0.3 is 10.2 Å². The zero-order valence-electron chi connectivity index (χ0n) is 11.9. The van der Waals surface area contributed by atoms with Gasteiger partial charge in [0, 0.05) is 19.8 Å². The Morgan fingerprint density at radius 1 is 1.35 bits per heavy atom. The Morgan fingerprint density at radius 3 is 2.70 bits per heavy atom. The van der Waals surface area contributed by atoms with Crippen LogP contribution in [0.3, 0.4) is 0 Å². The quantitative estimate of drug-likeness (QED) is 0.700. The molecule has 1 aliphatic heterocycles. The van der Waals surface area contributed by atoms with Crippen molar-refractivity contribution in [2.75, 3.05) is 20.1 Å². The minimum atomic E-state index is -4.48. The highest BCUT2D eigenvalue weighted by Crippen LogP contribution is 2.32. The van der Waals surface area contributed by atoms with Crippen molar-refractivity contribution in [2.45, 2.75) is 12.7 Å². The molecule has 0 aromatic carbocycles. The molecule has 0 radical (unpaired) electrons. The van der Waals surface area contributed by atoms with E-state index in [9.17, 15) is 13.2 Å². The summed E-state index contributed by atoms with van der Waals surface area (Å²) in [5.41, 5.74) is -0.658. The van der Waals surface area contributed by atoms with E-state index in [0.29, 0.717) is 18.3 Å². The van der Waals surface area contributed by atoms with Crippen molar-refractivity contribution in [2.24, 2.45) is 4.99 Å². The van der Waals surface area contributed by atoms with Crippen LogP contribution in [0.4, 0.5) is 13.2 Å². The van der Waals surface area contributed by atoms with E-state index in [1.54, 1.807) is 0 Å². The monoisotopic (exact) mass is 460 g/mol. The Bertz CT molecular complexity index is 744. The third-order valence-electron chi connectivity index (χ3n) is 3.32. The number of aromatic nitrogens is 3. The van der Waals surface area contributed by atoms with Crippen molar-refractivity contribution >= 4 is 47.2 Å². The Labute approximate surface area is 151 Å². The molecule has 0 unspecified atom stereocenters. The van der Waals surface area contributed by atoms with Gasteiger partial charge in [0.05, 0.1) is 23.7 Å². The Hall–Kier alpha value is -1.30. The van der Waals surface area contributed by atoms with Gasteiger partial charge in [0.25, 0.3) is 0 Å². The maximum absolute atomic E-state index is 12.9. The number of nitrogens with zero attached hydrogens (tertiary/aromatic N) is 5. The van der Waals surface area contributed by atoms with Crippen molar-refractivity contribution in [3.05, 3.63) is 28.7 Å². The van der Waals surface area contributed by atoms with E-state index >= 15 is 0 Å². The third-order valence-corrected chi connectivity index (χ3v) is 3.60. The summed E-state index contributed by atoms with van der Waals surface area (Å²) in [7, 11) is 1.87. The first-order chi connectivity index (χ1) is 10.4. The summed E-state index contributed by atoms with van der Waals surface area (Å²) in [5, 5.41) is 10.7. The van der Waals surface area contributed by atoms with Crippen LogP contribution in [0, 0.1) is 0 Å². The Balaban J connectivity index is 0.00000192. The summed E-state index contributed by atoms with van der Waals surface area (Å²) in [5.74, 6) is 1.00. The lowest BCUT2D eigenvalue weighted by Gasteiger charge is -2.14. The van der Waals surface area contributed by atoms with Crippen LogP contribution in [0.15, 0.2) is 17.3 Å². The van der Waals surface area contributed by atoms with Gasteiger partial charge >= 0.3 is 6.18 Å². The molecule has 0 saturated heterocycles. The molecule has 2 aromatic heterocycles. The lowest BCUT2D eigenvalue weighted by atomic mass is 10.3. The molecule has 11 heteroatoms. The molecule has 6 nitrogen and oxygen atoms in total. The van der Waals surface area contributed by atoms with E-state index in [1.807, 2.05) is 11.9 Å². The number of alkyl halides is 3. The number of nitrogens with one attached hydrogen (secondary N) is 1. The van der Waals surface area contributed by atoms with Gasteiger partial charge in [-0.1, -0.05) is 11.6 Å². The molecule has 1 aliphatic rings. The summed E-state index contributed by atoms with van der Waals surface area (Å²) in [6.45, 7) is 1.68. The minimum Gasteiger partial charge on any atom is -0.349 e. The van der Waals surface area contributed by atoms with E-state index in [4.69, 9.17) is 11.6 Å². The Morgan fingerprint density at radius 2 is 2.09 bits per heavy atom. The molecule has 0 saturated carbocycles. The number of rotatable bonds is 2. The van der Waals surface area contributed by atoms with Gasteiger partial charge in [-0.3, -0.25) is 9.39 Å². The molecular formula is C12H13ClF3IN6. The molecule has 0 amide bonds. The number of aliphatic imine (C=N–C) groups is 1. The van der Waals surface area contributed by atoms with Gasteiger partial charge in [-0.25, -0.2) is 0 Å². The number of guanidine groups is 1. The predicted octanol–water partition coefficient (Wildman–Crippen LogP) is 2.41. The lowest BCUT2D eigenvalue weighted by Crippen LogP contribution is -2.35. The highest BCUT2D eigenvalue weighted by molar-refractivity contribution is 14.0. The maximum atomic E-state index is 12.9. The van der Waals surface area contributed by atoms with Crippen LogP contribution in [0.2, 0.25) is 5.02 Å². The molecule has 0 spiro atoms. The summed E-state index contributed by atoms with van der Waals surface area (Å²) in [6, 6.07) is 0.845. The normalized spacial score (nSPS) is 14.8. The first kappa shape index (κ1) is 18.0. The third kappa shape index (κ3) is 3.62. The summed E-state index contributed by atoms with van der Waals surface area (Å²) < 4.78 is 39.8. The van der Waals surface area contributed by atoms with Crippen molar-refractivity contribution < 1.29 is 13.2 Å². The second-order valence-electron chi connectivity index (χ2n) is 4.86. The molecule has 3 heterocycles. The number of halogens is 5. The molecular weight excluding hydrogens is 448 g/mol. The van der Waals surface area contributed by atoms with E-state index in [2.05, 4.69) is 20.5 Å². The molecule has 2 aromatic rings. The average Bonchev–Trinajstić information content (AvgIpc) is 3.02. The highest BCUT2D eigenvalue weighted by atomic mass is 127. The summed E-state index contributed by atoms with van der Waals surface area (Å²) in [6.07, 6.45) is -3.54. The Kier molecular flexibility index (Phi) is 5.23. The van der Waals surface area contributed by atoms with Crippen LogP contribution in [0.1, 0.15) is 11.4 Å². The van der Waals surface area contributed by atoms with Crippen molar-refractivity contribution in [3.8, 4) is 0 Å². The molecule has 1 N–H and O–H groups in total. The molecule has 3 rings (SSSR count). The van der Waals surface area contributed by atoms with Crippen LogP contribution in [-0.4, -0.2) is 45.6 Å². The van der Waals surface area contributed by atoms with E-state index in [1.165, 1.54) is 4.40 Å². The van der Waals surface area contributed by atoms with Crippen molar-refractivity contribution in [1.29, 1.82) is 0 Å². The SMILES string of the molecule is CN1CCN=C1NCc1nnc2c(Cl)cc(C(F)(F)F)cn12.I. The van der Waals surface area contributed by atoms with Gasteiger partial charge in [0.15, 0.2) is 17.4 Å². The van der Waals surface area contributed by atoms with Crippen LogP contribution in [0.25, 0.3) is 5.65 Å². The number of hydrogen-bond acceptors (Lipinski definition) is 5. The summed E-state index contributed by atoms with van der Waals surface area (Å²) in [4.78, 5) is 6.15. The number of hydrogen-bond donors (Lipinski definition) is 1. The molecule has 0 bridgehead atoms. The second-order valence-corrected chi connectivity index (χ2v) is 5.27. The number of pyridine rings is 1. The highest BCUT2D eigenvalue weighted by Gasteiger charge is 2.32. The predicted molar refractivity (Wildman–Crippen MR) is 90.2 cm³/mol. The van der Waals surface area contributed by atoms with Gasteiger partial charge in [0.2, 0.25) is 0 Å². The van der Waals surface area contributed by atoms with Crippen molar-refractivity contribution in [1.82, 2.24) is 24.8 Å². The smallest absolute Gasteiger partial charge is 0.349 e. The topological polar surface area (TPSA) is 57.8 Å². The standard InChI is InChI=1S/C12H12ClF3N6.HI/c1-21-3-2-17-11(21)18-5-9-19-20-10-8(13)4-7(6-22(9)10)12(14,15)16;/h4,6H,2-3,5H2,1H3,(H,17,18);1H. The number of fused-ring (bicyclic) bond motifs is 1. The lowest BCUT2D eigenvalue weighted by molar-refractivity contribution is -0.137. The van der Waals surface area contributed by atoms with Crippen LogP contribution < -0.4 is 5.32 Å². The second kappa shape index (κ2) is 6.67. The van der Waals surface area contributed by atoms with Gasteiger partial charge in [0.1, 0.15) is 0 Å². The fraction of sp³-hybridized carbons (Fsp3) is 0.417. The van der Waals surface area contributed by atoms with Crippen LogP contribution in [0.5, 0.6) is 0 Å². The zero-order chi connectivity index (χ0) is 15.9. The minimum absolute atomic E-state index is 0. The van der Waals surface area contributed by atoms with Gasteiger partial charge in [-0.05, 0) is 6.07 Å². The van der Waals surface area contributed by atoms with E-state index in [0.717, 1.165) is 18.8 Å². The fourth-order valence-electron chi connectivity index (χ4n) is 2.16. The molecule has 23 heavy (non-hydrogen) atoms. The van der Waals surface area contributed by atoms with E-state index in [-0.39, 0.29) is 41.2 Å². The van der Waals surface area contributed by atoms with E-state index < -0.39 is 11.7 Å². The first-order valence-electron chi connectivity index (χ1n) is 6.46. The average molecular weight is 461 g/mol. The maximum Gasteiger partial charge on any atom is 0.417 e. The molecule has 0 fully saturated rings. The zero-order valence-corrected chi connectivity index (χ0v) is 15.0. The van der Waals surface area contributed by atoms with Crippen LogP contribution >= 0.6 is 35.6 Å². The van der Waals surface area contributed by atoms with Gasteiger partial charge in [-0.15, -0.1) is 34.2 Å². The largest absolute Gasteiger partial charge is 0.417 e. The van der Waals surface area contributed by atoms with Crippen LogP contribution in [-0.2, 0) is 12.7 Å². The summed E-state index contributed by atoms with van der Waals surface area (Å²) >= 11 is 5.86. The van der Waals surface area contributed by atoms with Gasteiger partial charge in [-0.2, -0.15) is 13.2 Å². The molecule has 0 atom stereocenters. The molecule has 0 aliphatic carbocycles.